The monoisotopic (exact) mass is 474 g/mol. The van der Waals surface area contributed by atoms with Gasteiger partial charge in [0.2, 0.25) is 0 Å². The van der Waals surface area contributed by atoms with Crippen LogP contribution in [0.3, 0.4) is 0 Å². The lowest BCUT2D eigenvalue weighted by Gasteiger charge is -2.34. The molecule has 3 aromatic rings. The molecule has 0 spiro atoms. The molecule has 0 atom stereocenters. The van der Waals surface area contributed by atoms with E-state index in [9.17, 15) is 18.0 Å². The molecular weight excluding hydrogens is 449 g/mol. The smallest absolute Gasteiger partial charge is 0.293 e. The zero-order valence-electron chi connectivity index (χ0n) is 18.5. The van der Waals surface area contributed by atoms with Crippen molar-refractivity contribution in [2.24, 2.45) is 0 Å². The predicted molar refractivity (Wildman–Crippen MR) is 121 cm³/mol. The van der Waals surface area contributed by atoms with Crippen LogP contribution in [-0.2, 0) is 6.54 Å². The van der Waals surface area contributed by atoms with Crippen molar-refractivity contribution in [3.63, 3.8) is 0 Å². The van der Waals surface area contributed by atoms with Crippen LogP contribution in [0.1, 0.15) is 0 Å². The molecule has 180 valence electrons. The van der Waals surface area contributed by atoms with Gasteiger partial charge >= 0.3 is 0 Å². The molecule has 0 amide bonds. The second-order valence-electron chi connectivity index (χ2n) is 7.78. The van der Waals surface area contributed by atoms with E-state index in [0.717, 1.165) is 25.4 Å². The molecule has 0 bridgehead atoms. The third kappa shape index (κ3) is 5.88. The topological polar surface area (TPSA) is 59.8 Å². The first-order valence-corrected chi connectivity index (χ1v) is 11.0. The average molecular weight is 474 g/mol. The van der Waals surface area contributed by atoms with Crippen LogP contribution < -0.4 is 19.9 Å². The molecule has 1 saturated heterocycles. The Bertz CT molecular complexity index is 1150. The Balaban J connectivity index is 1.27. The van der Waals surface area contributed by atoms with Crippen molar-refractivity contribution in [2.45, 2.75) is 6.54 Å². The van der Waals surface area contributed by atoms with Crippen LogP contribution >= 0.6 is 0 Å². The minimum absolute atomic E-state index is 0.0967. The summed E-state index contributed by atoms with van der Waals surface area (Å²) in [7, 11) is 0. The van der Waals surface area contributed by atoms with E-state index < -0.39 is 23.2 Å². The Morgan fingerprint density at radius 1 is 0.853 bits per heavy atom. The summed E-state index contributed by atoms with van der Waals surface area (Å²) in [6.07, 6.45) is 3.03. The summed E-state index contributed by atoms with van der Waals surface area (Å²) in [5.74, 6) is -2.73. The first-order chi connectivity index (χ1) is 16.5. The van der Waals surface area contributed by atoms with Gasteiger partial charge in [0.15, 0.2) is 29.0 Å². The second kappa shape index (κ2) is 11.1. The summed E-state index contributed by atoms with van der Waals surface area (Å²) in [5, 5.41) is 0. The fraction of sp³-hybridized carbons (Fsp3) is 0.333. The molecule has 0 N–H and O–H groups in total. The van der Waals surface area contributed by atoms with E-state index in [1.165, 1.54) is 17.0 Å². The van der Waals surface area contributed by atoms with Crippen molar-refractivity contribution in [3.8, 4) is 11.5 Å². The minimum Gasteiger partial charge on any atom is -0.492 e. The summed E-state index contributed by atoms with van der Waals surface area (Å²) in [5.41, 5.74) is -0.294. The third-order valence-electron chi connectivity index (χ3n) is 5.55. The van der Waals surface area contributed by atoms with Crippen LogP contribution in [-0.4, -0.2) is 60.4 Å². The summed E-state index contributed by atoms with van der Waals surface area (Å²) >= 11 is 0. The SMILES string of the molecule is O=c1c(N2CCN(CCOc3ccccc3)CC2)nccn1CCOc1cc(F)c(F)cc1F. The molecule has 0 unspecified atom stereocenters. The average Bonchev–Trinajstić information content (AvgIpc) is 2.84. The molecule has 1 aliphatic rings. The van der Waals surface area contributed by atoms with Crippen molar-refractivity contribution in [2.75, 3.05) is 50.8 Å². The summed E-state index contributed by atoms with van der Waals surface area (Å²) in [6.45, 7) is 4.21. The number of benzene rings is 2. The van der Waals surface area contributed by atoms with E-state index in [4.69, 9.17) is 9.47 Å². The van der Waals surface area contributed by atoms with Crippen molar-refractivity contribution in [3.05, 3.63) is 82.7 Å². The lowest BCUT2D eigenvalue weighted by atomic mass is 10.3. The predicted octanol–water partition coefficient (Wildman–Crippen LogP) is 2.94. The zero-order chi connectivity index (χ0) is 23.9. The quantitative estimate of drug-likeness (QED) is 0.445. The van der Waals surface area contributed by atoms with Gasteiger partial charge in [-0.25, -0.2) is 18.2 Å². The van der Waals surface area contributed by atoms with Gasteiger partial charge in [-0.05, 0) is 12.1 Å². The fourth-order valence-electron chi connectivity index (χ4n) is 3.69. The standard InChI is InChI=1S/C24H25F3N4O3/c25-19-16-21(27)22(17-20(19)26)34-15-13-31-7-6-28-23(24(31)32)30-10-8-29(9-11-30)12-14-33-18-4-2-1-3-5-18/h1-7,16-17H,8-15H2. The molecule has 2 aromatic carbocycles. The molecule has 2 heterocycles. The molecule has 0 radical (unpaired) electrons. The number of para-hydroxylation sites is 1. The Morgan fingerprint density at radius 2 is 1.56 bits per heavy atom. The van der Waals surface area contributed by atoms with Gasteiger partial charge < -0.3 is 18.9 Å². The Hall–Kier alpha value is -3.53. The van der Waals surface area contributed by atoms with Crippen LogP contribution in [0.2, 0.25) is 0 Å². The highest BCUT2D eigenvalue weighted by Gasteiger charge is 2.21. The molecule has 10 heteroatoms. The van der Waals surface area contributed by atoms with E-state index in [1.807, 2.05) is 35.2 Å². The molecule has 1 aliphatic heterocycles. The van der Waals surface area contributed by atoms with E-state index in [1.54, 1.807) is 0 Å². The Kier molecular flexibility index (Phi) is 7.69. The maximum absolute atomic E-state index is 13.7. The lowest BCUT2D eigenvalue weighted by molar-refractivity contribution is 0.200. The highest BCUT2D eigenvalue weighted by atomic mass is 19.2. The van der Waals surface area contributed by atoms with Crippen LogP contribution in [0.4, 0.5) is 19.0 Å². The van der Waals surface area contributed by atoms with E-state index in [0.29, 0.717) is 37.6 Å². The maximum atomic E-state index is 13.7. The van der Waals surface area contributed by atoms with Gasteiger partial charge in [-0.1, -0.05) is 18.2 Å². The second-order valence-corrected chi connectivity index (χ2v) is 7.78. The molecule has 7 nitrogen and oxygen atoms in total. The number of nitrogens with zero attached hydrogens (tertiary/aromatic N) is 4. The van der Waals surface area contributed by atoms with Gasteiger partial charge in [0, 0.05) is 57.3 Å². The lowest BCUT2D eigenvalue weighted by Crippen LogP contribution is -2.49. The van der Waals surface area contributed by atoms with Crippen LogP contribution in [0, 0.1) is 17.5 Å². The molecule has 0 aliphatic carbocycles. The molecule has 34 heavy (non-hydrogen) atoms. The van der Waals surface area contributed by atoms with E-state index in [-0.39, 0.29) is 18.7 Å². The minimum atomic E-state index is -1.29. The number of rotatable bonds is 9. The first kappa shape index (κ1) is 23.6. The van der Waals surface area contributed by atoms with Crippen LogP contribution in [0.5, 0.6) is 11.5 Å². The summed E-state index contributed by atoms with van der Waals surface area (Å²) in [6, 6.07) is 10.7. The van der Waals surface area contributed by atoms with Gasteiger partial charge in [-0.2, -0.15) is 0 Å². The van der Waals surface area contributed by atoms with Gasteiger partial charge in [-0.3, -0.25) is 9.69 Å². The first-order valence-electron chi connectivity index (χ1n) is 11.0. The highest BCUT2D eigenvalue weighted by Crippen LogP contribution is 2.20. The molecule has 1 aromatic heterocycles. The molecule has 0 saturated carbocycles. The number of anilines is 1. The maximum Gasteiger partial charge on any atom is 0.293 e. The fourth-order valence-corrected chi connectivity index (χ4v) is 3.69. The molecular formula is C24H25F3N4O3. The van der Waals surface area contributed by atoms with Crippen molar-refractivity contribution >= 4 is 5.82 Å². The number of ether oxygens (including phenoxy) is 2. The van der Waals surface area contributed by atoms with Crippen LogP contribution in [0.15, 0.2) is 59.7 Å². The van der Waals surface area contributed by atoms with Crippen molar-refractivity contribution < 1.29 is 22.6 Å². The highest BCUT2D eigenvalue weighted by molar-refractivity contribution is 5.36. The number of hydrogen-bond acceptors (Lipinski definition) is 6. The van der Waals surface area contributed by atoms with Gasteiger partial charge in [0.05, 0.1) is 6.54 Å². The number of piperazine rings is 1. The number of halogens is 3. The van der Waals surface area contributed by atoms with Gasteiger partial charge in [0.25, 0.3) is 5.56 Å². The van der Waals surface area contributed by atoms with Gasteiger partial charge in [-0.15, -0.1) is 0 Å². The van der Waals surface area contributed by atoms with Gasteiger partial charge in [0.1, 0.15) is 19.0 Å². The molecule has 1 fully saturated rings. The number of aromatic nitrogens is 2. The van der Waals surface area contributed by atoms with Crippen molar-refractivity contribution in [1.29, 1.82) is 0 Å². The largest absolute Gasteiger partial charge is 0.492 e. The zero-order valence-corrected chi connectivity index (χ0v) is 18.5. The van der Waals surface area contributed by atoms with Crippen molar-refractivity contribution in [1.82, 2.24) is 14.5 Å². The third-order valence-corrected chi connectivity index (χ3v) is 5.55. The molecule has 4 rings (SSSR count). The van der Waals surface area contributed by atoms with E-state index >= 15 is 0 Å². The Labute approximate surface area is 195 Å². The Morgan fingerprint density at radius 3 is 2.32 bits per heavy atom. The van der Waals surface area contributed by atoms with E-state index in [2.05, 4.69) is 9.88 Å². The van der Waals surface area contributed by atoms with Crippen LogP contribution in [0.25, 0.3) is 0 Å². The normalized spacial score (nSPS) is 14.3. The summed E-state index contributed by atoms with van der Waals surface area (Å²) in [4.78, 5) is 21.3. The summed E-state index contributed by atoms with van der Waals surface area (Å²) < 4.78 is 52.4. The number of hydrogen-bond donors (Lipinski definition) is 0.